The standard InChI is InChI=1S/C25H20F3N3O2S2/c26-25(27,28)16-8-4-9-17(12-16)29-20(32)14-34-24-30-22-21(18-10-5-11-19(18)35-22)23(33)31(24)13-15-6-2-1-3-7-15/h1-4,6-9,12H,5,10-11,13-14H2,(H,29,32). The van der Waals surface area contributed by atoms with Gasteiger partial charge >= 0.3 is 6.18 Å². The van der Waals surface area contributed by atoms with Crippen molar-refractivity contribution in [3.63, 3.8) is 0 Å². The normalized spacial score (nSPS) is 13.2. The van der Waals surface area contributed by atoms with Crippen molar-refractivity contribution in [1.82, 2.24) is 9.55 Å². The summed E-state index contributed by atoms with van der Waals surface area (Å²) in [6, 6.07) is 14.0. The number of aryl methyl sites for hydroxylation is 2. The molecule has 2 aromatic heterocycles. The van der Waals surface area contributed by atoms with Gasteiger partial charge in [-0.2, -0.15) is 13.2 Å². The third kappa shape index (κ3) is 4.99. The molecule has 2 aromatic carbocycles. The van der Waals surface area contributed by atoms with Crippen LogP contribution < -0.4 is 10.9 Å². The van der Waals surface area contributed by atoms with Gasteiger partial charge in [-0.3, -0.25) is 14.2 Å². The first-order valence-corrected chi connectivity index (χ1v) is 12.8. The van der Waals surface area contributed by atoms with Gasteiger partial charge < -0.3 is 5.32 Å². The molecule has 1 N–H and O–H groups in total. The van der Waals surface area contributed by atoms with E-state index in [2.05, 4.69) is 5.32 Å². The van der Waals surface area contributed by atoms with E-state index in [4.69, 9.17) is 4.98 Å². The third-order valence-electron chi connectivity index (χ3n) is 5.78. The van der Waals surface area contributed by atoms with Gasteiger partial charge in [0.1, 0.15) is 4.83 Å². The van der Waals surface area contributed by atoms with E-state index < -0.39 is 17.6 Å². The van der Waals surface area contributed by atoms with Gasteiger partial charge in [-0.1, -0.05) is 48.2 Å². The summed E-state index contributed by atoms with van der Waals surface area (Å²) < 4.78 is 40.5. The number of halogens is 3. The molecule has 35 heavy (non-hydrogen) atoms. The second-order valence-electron chi connectivity index (χ2n) is 8.22. The van der Waals surface area contributed by atoms with Gasteiger partial charge in [0, 0.05) is 10.6 Å². The highest BCUT2D eigenvalue weighted by molar-refractivity contribution is 7.99. The number of fused-ring (bicyclic) bond motifs is 3. The number of thiophene rings is 1. The van der Waals surface area contributed by atoms with Crippen LogP contribution in [0.4, 0.5) is 18.9 Å². The number of hydrogen-bond acceptors (Lipinski definition) is 5. The van der Waals surface area contributed by atoms with E-state index in [-0.39, 0.29) is 17.0 Å². The van der Waals surface area contributed by atoms with Crippen LogP contribution in [0, 0.1) is 0 Å². The van der Waals surface area contributed by atoms with Crippen molar-refractivity contribution in [2.24, 2.45) is 0 Å². The van der Waals surface area contributed by atoms with Crippen LogP contribution in [0.25, 0.3) is 10.2 Å². The highest BCUT2D eigenvalue weighted by Gasteiger charge is 2.30. The smallest absolute Gasteiger partial charge is 0.325 e. The molecular weight excluding hydrogens is 495 g/mol. The second kappa shape index (κ2) is 9.50. The summed E-state index contributed by atoms with van der Waals surface area (Å²) in [5.41, 5.74) is 1.11. The molecule has 5 nitrogen and oxygen atoms in total. The van der Waals surface area contributed by atoms with Crippen LogP contribution in [0.3, 0.4) is 0 Å². The molecule has 0 bridgehead atoms. The van der Waals surface area contributed by atoms with Crippen molar-refractivity contribution >= 4 is 44.9 Å². The minimum absolute atomic E-state index is 0.0604. The first-order chi connectivity index (χ1) is 16.8. The van der Waals surface area contributed by atoms with Crippen LogP contribution in [0.15, 0.2) is 64.5 Å². The van der Waals surface area contributed by atoms with Crippen LogP contribution in [-0.4, -0.2) is 21.2 Å². The number of carbonyl (C=O) groups excluding carboxylic acids is 1. The summed E-state index contributed by atoms with van der Waals surface area (Å²) in [6.07, 6.45) is -1.66. The average Bonchev–Trinajstić information content (AvgIpc) is 3.41. The zero-order chi connectivity index (χ0) is 24.6. The summed E-state index contributed by atoms with van der Waals surface area (Å²) in [5, 5.41) is 3.58. The number of benzene rings is 2. The number of hydrogen-bond donors (Lipinski definition) is 1. The fourth-order valence-corrected chi connectivity index (χ4v) is 6.28. The Hall–Kier alpha value is -3.11. The van der Waals surface area contributed by atoms with Gasteiger partial charge in [-0.05, 0) is 48.6 Å². The lowest BCUT2D eigenvalue weighted by atomic mass is 10.2. The Kier molecular flexibility index (Phi) is 6.41. The lowest BCUT2D eigenvalue weighted by molar-refractivity contribution is -0.137. The number of anilines is 1. The van der Waals surface area contributed by atoms with E-state index in [1.807, 2.05) is 30.3 Å². The Labute approximate surface area is 207 Å². The molecule has 1 aliphatic carbocycles. The minimum atomic E-state index is -4.50. The van der Waals surface area contributed by atoms with E-state index in [9.17, 15) is 22.8 Å². The van der Waals surface area contributed by atoms with E-state index in [1.165, 1.54) is 28.3 Å². The highest BCUT2D eigenvalue weighted by Crippen LogP contribution is 2.36. The fourth-order valence-electron chi connectivity index (χ4n) is 4.17. The Balaban J connectivity index is 1.42. The number of amides is 1. The molecule has 0 saturated carbocycles. The molecule has 2 heterocycles. The number of aromatic nitrogens is 2. The molecule has 0 unspecified atom stereocenters. The van der Waals surface area contributed by atoms with Crippen LogP contribution in [0.5, 0.6) is 0 Å². The van der Waals surface area contributed by atoms with Crippen molar-refractivity contribution in [1.29, 1.82) is 0 Å². The molecular formula is C25H20F3N3O2S2. The molecule has 0 fully saturated rings. The summed E-state index contributed by atoms with van der Waals surface area (Å²) in [5.74, 6) is -0.586. The molecule has 10 heteroatoms. The molecule has 5 rings (SSSR count). The quantitative estimate of drug-likeness (QED) is 0.263. The molecule has 0 saturated heterocycles. The lowest BCUT2D eigenvalue weighted by Crippen LogP contribution is -2.25. The summed E-state index contributed by atoms with van der Waals surface area (Å²) >= 11 is 2.62. The molecule has 180 valence electrons. The van der Waals surface area contributed by atoms with Gasteiger partial charge in [-0.15, -0.1) is 11.3 Å². The lowest BCUT2D eigenvalue weighted by Gasteiger charge is -2.13. The van der Waals surface area contributed by atoms with Gasteiger partial charge in [-0.25, -0.2) is 4.98 Å². The maximum atomic E-state index is 13.6. The SMILES string of the molecule is O=C(CSc1nc2sc3c(c2c(=O)n1Cc1ccccc1)CCC3)Nc1cccc(C(F)(F)F)c1. The number of nitrogens with one attached hydrogen (secondary N) is 1. The molecule has 1 amide bonds. The third-order valence-corrected chi connectivity index (χ3v) is 7.94. The number of thioether (sulfide) groups is 1. The molecule has 4 aromatic rings. The Morgan fingerprint density at radius 2 is 1.91 bits per heavy atom. The van der Waals surface area contributed by atoms with Crippen LogP contribution in [-0.2, 0) is 30.4 Å². The van der Waals surface area contributed by atoms with Gasteiger partial charge in [0.25, 0.3) is 5.56 Å². The van der Waals surface area contributed by atoms with E-state index in [0.29, 0.717) is 21.9 Å². The summed E-state index contributed by atoms with van der Waals surface area (Å²) in [7, 11) is 0. The van der Waals surface area contributed by atoms with E-state index in [1.54, 1.807) is 4.57 Å². The van der Waals surface area contributed by atoms with Crippen molar-refractivity contribution < 1.29 is 18.0 Å². The number of rotatable bonds is 6. The second-order valence-corrected chi connectivity index (χ2v) is 10.3. The van der Waals surface area contributed by atoms with E-state index >= 15 is 0 Å². The Morgan fingerprint density at radius 3 is 2.69 bits per heavy atom. The molecule has 1 aliphatic rings. The predicted octanol–water partition coefficient (Wildman–Crippen LogP) is 5.74. The summed E-state index contributed by atoms with van der Waals surface area (Å²) in [4.78, 5) is 32.7. The molecule has 0 radical (unpaired) electrons. The number of carbonyl (C=O) groups is 1. The largest absolute Gasteiger partial charge is 0.416 e. The van der Waals surface area contributed by atoms with Crippen LogP contribution >= 0.6 is 23.1 Å². The summed E-state index contributed by atoms with van der Waals surface area (Å²) in [6.45, 7) is 0.310. The van der Waals surface area contributed by atoms with Gasteiger partial charge in [0.2, 0.25) is 5.91 Å². The number of alkyl halides is 3. The number of nitrogens with zero attached hydrogens (tertiary/aromatic N) is 2. The monoisotopic (exact) mass is 515 g/mol. The first-order valence-electron chi connectivity index (χ1n) is 11.0. The fraction of sp³-hybridized carbons (Fsp3) is 0.240. The minimum Gasteiger partial charge on any atom is -0.325 e. The molecule has 0 aliphatic heterocycles. The zero-order valence-electron chi connectivity index (χ0n) is 18.4. The zero-order valence-corrected chi connectivity index (χ0v) is 20.0. The topological polar surface area (TPSA) is 64.0 Å². The van der Waals surface area contributed by atoms with Crippen molar-refractivity contribution in [2.75, 3.05) is 11.1 Å². The van der Waals surface area contributed by atoms with E-state index in [0.717, 1.165) is 54.3 Å². The highest BCUT2D eigenvalue weighted by atomic mass is 32.2. The van der Waals surface area contributed by atoms with Crippen molar-refractivity contribution in [3.05, 3.63) is 86.5 Å². The van der Waals surface area contributed by atoms with Crippen molar-refractivity contribution in [2.45, 2.75) is 37.1 Å². The molecule has 0 spiro atoms. The average molecular weight is 516 g/mol. The van der Waals surface area contributed by atoms with Crippen LogP contribution in [0.2, 0.25) is 0 Å². The van der Waals surface area contributed by atoms with Gasteiger partial charge in [0.15, 0.2) is 5.16 Å². The Bertz CT molecular complexity index is 1460. The van der Waals surface area contributed by atoms with Crippen molar-refractivity contribution in [3.8, 4) is 0 Å². The predicted molar refractivity (Wildman–Crippen MR) is 132 cm³/mol. The maximum absolute atomic E-state index is 13.6. The van der Waals surface area contributed by atoms with Crippen LogP contribution in [0.1, 0.15) is 28.0 Å². The molecule has 0 atom stereocenters. The maximum Gasteiger partial charge on any atom is 0.416 e. The Morgan fingerprint density at radius 1 is 1.11 bits per heavy atom. The first kappa shape index (κ1) is 23.6. The van der Waals surface area contributed by atoms with Gasteiger partial charge in [0.05, 0.1) is 23.2 Å².